The van der Waals surface area contributed by atoms with Crippen molar-refractivity contribution in [3.05, 3.63) is 29.6 Å². The summed E-state index contributed by atoms with van der Waals surface area (Å²) >= 11 is 0. The molecule has 1 N–H and O–H groups in total. The van der Waals surface area contributed by atoms with Crippen LogP contribution in [-0.2, 0) is 4.74 Å². The standard InChI is InChI=1S/C15H20FNO/c1-11-4-2-5-13(16)14(11)17-12-6-9-18-15(10-12)7-3-8-15/h2,4-5,12,17H,3,6-10H2,1H3. The van der Waals surface area contributed by atoms with Gasteiger partial charge in [-0.2, -0.15) is 0 Å². The highest BCUT2D eigenvalue weighted by Crippen LogP contribution is 2.43. The van der Waals surface area contributed by atoms with Crippen molar-refractivity contribution in [3.8, 4) is 0 Å². The van der Waals surface area contributed by atoms with Gasteiger partial charge >= 0.3 is 0 Å². The first-order valence-electron chi connectivity index (χ1n) is 6.84. The second-order valence-electron chi connectivity index (χ2n) is 5.65. The van der Waals surface area contributed by atoms with Gasteiger partial charge in [0, 0.05) is 12.6 Å². The van der Waals surface area contributed by atoms with Crippen LogP contribution < -0.4 is 5.32 Å². The van der Waals surface area contributed by atoms with Crippen LogP contribution in [0.5, 0.6) is 0 Å². The Balaban J connectivity index is 1.72. The van der Waals surface area contributed by atoms with Crippen LogP contribution in [-0.4, -0.2) is 18.2 Å². The van der Waals surface area contributed by atoms with Crippen molar-refractivity contribution in [1.82, 2.24) is 0 Å². The highest BCUT2D eigenvalue weighted by atomic mass is 19.1. The number of hydrogen-bond acceptors (Lipinski definition) is 2. The number of rotatable bonds is 2. The van der Waals surface area contributed by atoms with Crippen LogP contribution >= 0.6 is 0 Å². The number of ether oxygens (including phenoxy) is 1. The van der Waals surface area contributed by atoms with E-state index in [1.165, 1.54) is 25.3 Å². The van der Waals surface area contributed by atoms with Crippen LogP contribution in [0.1, 0.15) is 37.7 Å². The highest BCUT2D eigenvalue weighted by molar-refractivity contribution is 5.52. The van der Waals surface area contributed by atoms with Crippen molar-refractivity contribution >= 4 is 5.69 Å². The Labute approximate surface area is 108 Å². The maximum Gasteiger partial charge on any atom is 0.146 e. The molecule has 3 heteroatoms. The van der Waals surface area contributed by atoms with Crippen molar-refractivity contribution in [2.45, 2.75) is 50.7 Å². The number of aryl methyl sites for hydroxylation is 1. The lowest BCUT2D eigenvalue weighted by Crippen LogP contribution is -2.49. The quantitative estimate of drug-likeness (QED) is 0.864. The molecule has 1 spiro atoms. The fraction of sp³-hybridized carbons (Fsp3) is 0.600. The summed E-state index contributed by atoms with van der Waals surface area (Å²) in [6.45, 7) is 2.75. The molecule has 18 heavy (non-hydrogen) atoms. The summed E-state index contributed by atoms with van der Waals surface area (Å²) < 4.78 is 19.7. The van der Waals surface area contributed by atoms with E-state index in [4.69, 9.17) is 4.74 Å². The van der Waals surface area contributed by atoms with Crippen molar-refractivity contribution < 1.29 is 9.13 Å². The van der Waals surface area contributed by atoms with Crippen molar-refractivity contribution in [3.63, 3.8) is 0 Å². The molecule has 98 valence electrons. The fourth-order valence-electron chi connectivity index (χ4n) is 3.09. The Morgan fingerprint density at radius 2 is 2.22 bits per heavy atom. The zero-order chi connectivity index (χ0) is 12.6. The number of nitrogens with one attached hydrogen (secondary N) is 1. The Morgan fingerprint density at radius 1 is 1.39 bits per heavy atom. The number of hydrogen-bond donors (Lipinski definition) is 1. The lowest BCUT2D eigenvalue weighted by Gasteiger charge is -2.47. The Kier molecular flexibility index (Phi) is 3.02. The smallest absolute Gasteiger partial charge is 0.146 e. The Hall–Kier alpha value is -1.09. The third-order valence-corrected chi connectivity index (χ3v) is 4.33. The van der Waals surface area contributed by atoms with Gasteiger partial charge in [-0.15, -0.1) is 0 Å². The summed E-state index contributed by atoms with van der Waals surface area (Å²) in [5.41, 5.74) is 1.75. The molecule has 0 amide bonds. The summed E-state index contributed by atoms with van der Waals surface area (Å²) in [5.74, 6) is -0.149. The monoisotopic (exact) mass is 249 g/mol. The minimum atomic E-state index is -0.149. The SMILES string of the molecule is Cc1cccc(F)c1NC1CCOC2(CCC2)C1. The molecular weight excluding hydrogens is 229 g/mol. The second kappa shape index (κ2) is 4.54. The van der Waals surface area contributed by atoms with Gasteiger partial charge < -0.3 is 10.1 Å². The topological polar surface area (TPSA) is 21.3 Å². The Bertz CT molecular complexity index is 422. The number of halogens is 1. The van der Waals surface area contributed by atoms with Gasteiger partial charge in [-0.05, 0) is 50.7 Å². The van der Waals surface area contributed by atoms with Gasteiger partial charge in [0.2, 0.25) is 0 Å². The molecule has 2 fully saturated rings. The maximum absolute atomic E-state index is 13.8. The molecule has 1 aliphatic carbocycles. The molecule has 1 atom stereocenters. The van der Waals surface area contributed by atoms with E-state index < -0.39 is 0 Å². The summed E-state index contributed by atoms with van der Waals surface area (Å²) in [7, 11) is 0. The molecule has 1 saturated heterocycles. The van der Waals surface area contributed by atoms with Gasteiger partial charge in [0.15, 0.2) is 0 Å². The zero-order valence-electron chi connectivity index (χ0n) is 10.8. The van der Waals surface area contributed by atoms with Crippen LogP contribution in [0.2, 0.25) is 0 Å². The third-order valence-electron chi connectivity index (χ3n) is 4.33. The number of anilines is 1. The maximum atomic E-state index is 13.8. The van der Waals surface area contributed by atoms with Crippen LogP contribution in [0.4, 0.5) is 10.1 Å². The number of benzene rings is 1. The van der Waals surface area contributed by atoms with Gasteiger partial charge in [-0.1, -0.05) is 12.1 Å². The number of para-hydroxylation sites is 1. The van der Waals surface area contributed by atoms with Crippen LogP contribution in [0.25, 0.3) is 0 Å². The fourth-order valence-corrected chi connectivity index (χ4v) is 3.09. The van der Waals surface area contributed by atoms with E-state index in [1.807, 2.05) is 13.0 Å². The molecule has 1 aliphatic heterocycles. The van der Waals surface area contributed by atoms with Crippen molar-refractivity contribution in [2.75, 3.05) is 11.9 Å². The molecule has 1 aromatic rings. The summed E-state index contributed by atoms with van der Waals surface area (Å²) in [5, 5.41) is 3.39. The molecule has 1 aromatic carbocycles. The first kappa shape index (κ1) is 12.0. The van der Waals surface area contributed by atoms with Gasteiger partial charge in [-0.25, -0.2) is 4.39 Å². The van der Waals surface area contributed by atoms with Gasteiger partial charge in [0.1, 0.15) is 5.82 Å². The average molecular weight is 249 g/mol. The van der Waals surface area contributed by atoms with E-state index in [1.54, 1.807) is 6.07 Å². The van der Waals surface area contributed by atoms with E-state index in [-0.39, 0.29) is 11.4 Å². The molecule has 2 aliphatic rings. The van der Waals surface area contributed by atoms with Crippen LogP contribution in [0.3, 0.4) is 0 Å². The van der Waals surface area contributed by atoms with E-state index in [0.717, 1.165) is 25.0 Å². The van der Waals surface area contributed by atoms with Gasteiger partial charge in [-0.3, -0.25) is 0 Å². The third kappa shape index (κ3) is 2.12. The minimum absolute atomic E-state index is 0.106. The highest BCUT2D eigenvalue weighted by Gasteiger charge is 2.42. The minimum Gasteiger partial charge on any atom is -0.380 e. The molecule has 1 heterocycles. The molecule has 1 unspecified atom stereocenters. The summed E-state index contributed by atoms with van der Waals surface area (Å²) in [6.07, 6.45) is 5.59. The zero-order valence-corrected chi connectivity index (χ0v) is 10.8. The molecule has 1 saturated carbocycles. The first-order valence-corrected chi connectivity index (χ1v) is 6.84. The Morgan fingerprint density at radius 3 is 2.89 bits per heavy atom. The molecule has 0 aromatic heterocycles. The average Bonchev–Trinajstić information content (AvgIpc) is 2.33. The molecule has 0 radical (unpaired) electrons. The van der Waals surface area contributed by atoms with Gasteiger partial charge in [0.05, 0.1) is 11.3 Å². The summed E-state index contributed by atoms with van der Waals surface area (Å²) in [4.78, 5) is 0. The van der Waals surface area contributed by atoms with Gasteiger partial charge in [0.25, 0.3) is 0 Å². The predicted octanol–water partition coefficient (Wildman–Crippen LogP) is 3.65. The predicted molar refractivity (Wildman–Crippen MR) is 70.3 cm³/mol. The summed E-state index contributed by atoms with van der Waals surface area (Å²) in [6, 6.07) is 5.57. The van der Waals surface area contributed by atoms with E-state index in [9.17, 15) is 4.39 Å². The molecular formula is C15H20FNO. The molecule has 2 nitrogen and oxygen atoms in total. The first-order chi connectivity index (χ1) is 8.69. The van der Waals surface area contributed by atoms with E-state index >= 15 is 0 Å². The second-order valence-corrected chi connectivity index (χ2v) is 5.65. The molecule has 3 rings (SSSR count). The lowest BCUT2D eigenvalue weighted by molar-refractivity contribution is -0.130. The largest absolute Gasteiger partial charge is 0.380 e. The van der Waals surface area contributed by atoms with Crippen LogP contribution in [0, 0.1) is 12.7 Å². The van der Waals surface area contributed by atoms with Crippen molar-refractivity contribution in [1.29, 1.82) is 0 Å². The van der Waals surface area contributed by atoms with E-state index in [2.05, 4.69) is 5.32 Å². The normalized spacial score (nSPS) is 25.8. The van der Waals surface area contributed by atoms with E-state index in [0.29, 0.717) is 11.7 Å². The molecule has 0 bridgehead atoms. The van der Waals surface area contributed by atoms with Crippen LogP contribution in [0.15, 0.2) is 18.2 Å². The van der Waals surface area contributed by atoms with Crippen molar-refractivity contribution in [2.24, 2.45) is 0 Å². The lowest BCUT2D eigenvalue weighted by atomic mass is 9.74.